The SMILES string of the molecule is O=C(O)C(Nc1ncc(Br)cc1[N+](=O)[O-])c1ccccc1. The van der Waals surface area contributed by atoms with E-state index in [1.54, 1.807) is 30.3 Å². The summed E-state index contributed by atoms with van der Waals surface area (Å²) < 4.78 is 0.436. The van der Waals surface area contributed by atoms with Crippen LogP contribution in [0.25, 0.3) is 0 Å². The van der Waals surface area contributed by atoms with Crippen molar-refractivity contribution in [3.8, 4) is 0 Å². The lowest BCUT2D eigenvalue weighted by molar-refractivity contribution is -0.384. The number of nitro groups is 1. The van der Waals surface area contributed by atoms with Gasteiger partial charge in [-0.3, -0.25) is 10.1 Å². The third-order valence-corrected chi connectivity index (χ3v) is 3.13. The molecule has 2 N–H and O–H groups in total. The van der Waals surface area contributed by atoms with E-state index in [1.807, 2.05) is 0 Å². The topological polar surface area (TPSA) is 105 Å². The zero-order valence-corrected chi connectivity index (χ0v) is 12.1. The largest absolute Gasteiger partial charge is 0.479 e. The summed E-state index contributed by atoms with van der Waals surface area (Å²) in [6.07, 6.45) is 1.36. The van der Waals surface area contributed by atoms with Gasteiger partial charge in [0.1, 0.15) is 0 Å². The number of hydrogen-bond donors (Lipinski definition) is 2. The van der Waals surface area contributed by atoms with Gasteiger partial charge in [-0.15, -0.1) is 0 Å². The summed E-state index contributed by atoms with van der Waals surface area (Å²) in [5.74, 6) is -1.25. The van der Waals surface area contributed by atoms with Gasteiger partial charge >= 0.3 is 11.7 Å². The van der Waals surface area contributed by atoms with Crippen LogP contribution in [0.3, 0.4) is 0 Å². The highest BCUT2D eigenvalue weighted by Gasteiger charge is 2.24. The minimum Gasteiger partial charge on any atom is -0.479 e. The second-order valence-corrected chi connectivity index (χ2v) is 5.02. The van der Waals surface area contributed by atoms with Gasteiger partial charge in [-0.25, -0.2) is 9.78 Å². The van der Waals surface area contributed by atoms with Crippen molar-refractivity contribution in [3.63, 3.8) is 0 Å². The van der Waals surface area contributed by atoms with Gasteiger partial charge in [0.05, 0.1) is 4.92 Å². The molecule has 1 unspecified atom stereocenters. The Morgan fingerprint density at radius 2 is 2.05 bits per heavy atom. The lowest BCUT2D eigenvalue weighted by atomic mass is 10.1. The third kappa shape index (κ3) is 3.54. The van der Waals surface area contributed by atoms with E-state index in [0.717, 1.165) is 0 Å². The highest BCUT2D eigenvalue weighted by atomic mass is 79.9. The fourth-order valence-electron chi connectivity index (χ4n) is 1.75. The summed E-state index contributed by atoms with van der Waals surface area (Å²) in [4.78, 5) is 25.7. The maximum Gasteiger partial charge on any atom is 0.330 e. The van der Waals surface area contributed by atoms with Gasteiger partial charge in [-0.2, -0.15) is 0 Å². The van der Waals surface area contributed by atoms with E-state index >= 15 is 0 Å². The van der Waals surface area contributed by atoms with Crippen molar-refractivity contribution in [1.29, 1.82) is 0 Å². The van der Waals surface area contributed by atoms with Gasteiger partial charge in [-0.1, -0.05) is 30.3 Å². The molecule has 0 saturated heterocycles. The Bertz CT molecular complexity index is 678. The molecule has 0 saturated carbocycles. The average Bonchev–Trinajstić information content (AvgIpc) is 2.46. The molecule has 2 rings (SSSR count). The molecule has 0 radical (unpaired) electrons. The monoisotopic (exact) mass is 351 g/mol. The summed E-state index contributed by atoms with van der Waals surface area (Å²) in [5.41, 5.74) is 0.176. The van der Waals surface area contributed by atoms with E-state index in [9.17, 15) is 20.0 Å². The number of carboxylic acids is 1. The molecule has 0 aliphatic rings. The van der Waals surface area contributed by atoms with Gasteiger partial charge in [0.15, 0.2) is 6.04 Å². The predicted octanol–water partition coefficient (Wildman–Crippen LogP) is 2.99. The number of halogens is 1. The molecular formula is C13H10BrN3O4. The molecule has 1 aromatic carbocycles. The number of nitrogens with one attached hydrogen (secondary N) is 1. The minimum atomic E-state index is -1.15. The van der Waals surface area contributed by atoms with Crippen molar-refractivity contribution in [2.75, 3.05) is 5.32 Å². The molecule has 2 aromatic rings. The molecule has 21 heavy (non-hydrogen) atoms. The van der Waals surface area contributed by atoms with E-state index < -0.39 is 16.9 Å². The first-order valence-electron chi connectivity index (χ1n) is 5.83. The molecule has 1 atom stereocenters. The fraction of sp³-hybridized carbons (Fsp3) is 0.0769. The van der Waals surface area contributed by atoms with Crippen LogP contribution in [-0.4, -0.2) is 21.0 Å². The van der Waals surface area contributed by atoms with Crippen molar-refractivity contribution in [2.24, 2.45) is 0 Å². The van der Waals surface area contributed by atoms with Crippen LogP contribution in [0.2, 0.25) is 0 Å². The second-order valence-electron chi connectivity index (χ2n) is 4.10. The normalized spacial score (nSPS) is 11.7. The molecule has 0 fully saturated rings. The maximum atomic E-state index is 11.4. The Kier molecular flexibility index (Phi) is 4.49. The summed E-state index contributed by atoms with van der Waals surface area (Å²) in [6.45, 7) is 0. The number of carbonyl (C=O) groups is 1. The molecule has 0 bridgehead atoms. The Morgan fingerprint density at radius 1 is 1.38 bits per heavy atom. The van der Waals surface area contributed by atoms with Crippen molar-refractivity contribution >= 4 is 33.4 Å². The molecule has 0 aliphatic carbocycles. The van der Waals surface area contributed by atoms with Crippen LogP contribution in [-0.2, 0) is 4.79 Å². The first-order chi connectivity index (χ1) is 9.99. The lowest BCUT2D eigenvalue weighted by Gasteiger charge is -2.15. The van der Waals surface area contributed by atoms with Crippen LogP contribution in [0.15, 0.2) is 47.1 Å². The second kappa shape index (κ2) is 6.31. The maximum absolute atomic E-state index is 11.4. The van der Waals surface area contributed by atoms with Crippen LogP contribution >= 0.6 is 15.9 Å². The van der Waals surface area contributed by atoms with Crippen molar-refractivity contribution in [3.05, 3.63) is 62.7 Å². The van der Waals surface area contributed by atoms with Crippen LogP contribution in [0, 0.1) is 10.1 Å². The molecule has 0 aliphatic heterocycles. The van der Waals surface area contributed by atoms with Crippen LogP contribution in [0.1, 0.15) is 11.6 Å². The number of rotatable bonds is 5. The smallest absolute Gasteiger partial charge is 0.330 e. The minimum absolute atomic E-state index is 0.0977. The first kappa shape index (κ1) is 14.9. The van der Waals surface area contributed by atoms with Crippen LogP contribution < -0.4 is 5.32 Å². The number of hydrogen-bond acceptors (Lipinski definition) is 5. The number of aliphatic carboxylic acids is 1. The molecule has 0 spiro atoms. The van der Waals surface area contributed by atoms with E-state index in [0.29, 0.717) is 10.0 Å². The van der Waals surface area contributed by atoms with Gasteiger partial charge in [0.2, 0.25) is 5.82 Å². The van der Waals surface area contributed by atoms with E-state index in [2.05, 4.69) is 26.2 Å². The first-order valence-corrected chi connectivity index (χ1v) is 6.62. The Hall–Kier alpha value is -2.48. The number of carboxylic acid groups (broad SMARTS) is 1. The number of pyridine rings is 1. The summed E-state index contributed by atoms with van der Waals surface area (Å²) >= 11 is 3.09. The average molecular weight is 352 g/mol. The molecule has 0 amide bonds. The highest BCUT2D eigenvalue weighted by Crippen LogP contribution is 2.28. The summed E-state index contributed by atoms with van der Waals surface area (Å²) in [7, 11) is 0. The standard InChI is InChI=1S/C13H10BrN3O4/c14-9-6-10(17(20)21)12(15-7-9)16-11(13(18)19)8-4-2-1-3-5-8/h1-7,11H,(H,15,16)(H,18,19). The fourth-order valence-corrected chi connectivity index (χ4v) is 2.07. The Labute approximate surface area is 127 Å². The van der Waals surface area contributed by atoms with E-state index in [1.165, 1.54) is 12.3 Å². The zero-order valence-electron chi connectivity index (χ0n) is 10.6. The molecule has 8 heteroatoms. The van der Waals surface area contributed by atoms with Gasteiger partial charge in [-0.05, 0) is 21.5 Å². The van der Waals surface area contributed by atoms with Crippen molar-refractivity contribution in [1.82, 2.24) is 4.98 Å². The zero-order chi connectivity index (χ0) is 15.4. The predicted molar refractivity (Wildman–Crippen MR) is 79.0 cm³/mol. The third-order valence-electron chi connectivity index (χ3n) is 2.69. The Balaban J connectivity index is 2.39. The van der Waals surface area contributed by atoms with Gasteiger partial charge < -0.3 is 10.4 Å². The summed E-state index contributed by atoms with van der Waals surface area (Å²) in [6, 6.07) is 8.51. The molecule has 108 valence electrons. The molecule has 1 aromatic heterocycles. The van der Waals surface area contributed by atoms with Crippen LogP contribution in [0.5, 0.6) is 0 Å². The number of nitrogens with zero attached hydrogens (tertiary/aromatic N) is 2. The van der Waals surface area contributed by atoms with Crippen molar-refractivity contribution < 1.29 is 14.8 Å². The quantitative estimate of drug-likeness (QED) is 0.633. The molecular weight excluding hydrogens is 342 g/mol. The van der Waals surface area contributed by atoms with E-state index in [4.69, 9.17) is 0 Å². The van der Waals surface area contributed by atoms with E-state index in [-0.39, 0.29) is 11.5 Å². The lowest BCUT2D eigenvalue weighted by Crippen LogP contribution is -2.21. The molecule has 1 heterocycles. The van der Waals surface area contributed by atoms with Crippen molar-refractivity contribution in [2.45, 2.75) is 6.04 Å². The highest BCUT2D eigenvalue weighted by molar-refractivity contribution is 9.10. The van der Waals surface area contributed by atoms with Gasteiger partial charge in [0, 0.05) is 16.7 Å². The van der Waals surface area contributed by atoms with Gasteiger partial charge in [0.25, 0.3) is 0 Å². The number of anilines is 1. The molecule has 7 nitrogen and oxygen atoms in total. The Morgan fingerprint density at radius 3 is 2.62 bits per heavy atom. The van der Waals surface area contributed by atoms with Crippen LogP contribution in [0.4, 0.5) is 11.5 Å². The number of benzene rings is 1. The summed E-state index contributed by atoms with van der Waals surface area (Å²) in [5, 5.41) is 22.9. The number of aromatic nitrogens is 1.